The highest BCUT2D eigenvalue weighted by molar-refractivity contribution is 7.92. The summed E-state index contributed by atoms with van der Waals surface area (Å²) in [5.74, 6) is -0.263. The first-order valence-electron chi connectivity index (χ1n) is 8.73. The fourth-order valence-corrected chi connectivity index (χ4v) is 4.07. The molecule has 26 heavy (non-hydrogen) atoms. The molecule has 0 aromatic heterocycles. The van der Waals surface area contributed by atoms with Crippen molar-refractivity contribution in [1.82, 2.24) is 5.32 Å². The van der Waals surface area contributed by atoms with E-state index in [4.69, 9.17) is 0 Å². The van der Waals surface area contributed by atoms with Crippen LogP contribution in [0.2, 0.25) is 0 Å². The van der Waals surface area contributed by atoms with Gasteiger partial charge in [0.25, 0.3) is 15.9 Å². The van der Waals surface area contributed by atoms with Crippen LogP contribution in [0.5, 0.6) is 0 Å². The molecule has 0 fully saturated rings. The van der Waals surface area contributed by atoms with Gasteiger partial charge in [-0.3, -0.25) is 9.52 Å². The van der Waals surface area contributed by atoms with Crippen LogP contribution in [0.25, 0.3) is 0 Å². The maximum atomic E-state index is 12.8. The lowest BCUT2D eigenvalue weighted by Gasteiger charge is -2.13. The van der Waals surface area contributed by atoms with E-state index < -0.39 is 10.0 Å². The Kier molecular flexibility index (Phi) is 6.42. The van der Waals surface area contributed by atoms with Crippen molar-refractivity contribution in [3.8, 4) is 0 Å². The molecule has 2 aromatic rings. The van der Waals surface area contributed by atoms with Crippen LogP contribution in [-0.4, -0.2) is 20.9 Å². The number of amides is 1. The summed E-state index contributed by atoms with van der Waals surface area (Å²) in [6.07, 6.45) is 1.87. The third-order valence-corrected chi connectivity index (χ3v) is 5.55. The zero-order chi connectivity index (χ0) is 19.3. The number of carbonyl (C=O) groups is 1. The number of nitrogens with one attached hydrogen (secondary N) is 2. The van der Waals surface area contributed by atoms with Gasteiger partial charge in [0.2, 0.25) is 0 Å². The number of anilines is 1. The van der Waals surface area contributed by atoms with Crippen LogP contribution < -0.4 is 10.0 Å². The first-order chi connectivity index (χ1) is 12.2. The molecule has 0 spiro atoms. The summed E-state index contributed by atoms with van der Waals surface area (Å²) in [6.45, 7) is 8.16. The molecule has 0 aliphatic heterocycles. The molecule has 2 N–H and O–H groups in total. The van der Waals surface area contributed by atoms with E-state index in [9.17, 15) is 13.2 Å². The molecule has 0 unspecified atom stereocenters. The van der Waals surface area contributed by atoms with E-state index in [0.29, 0.717) is 23.4 Å². The number of hydrogen-bond acceptors (Lipinski definition) is 3. The normalized spacial score (nSPS) is 11.2. The van der Waals surface area contributed by atoms with Gasteiger partial charge in [0.05, 0.1) is 4.90 Å². The van der Waals surface area contributed by atoms with Crippen LogP contribution in [0.15, 0.2) is 41.3 Å². The fourth-order valence-electron chi connectivity index (χ4n) is 2.76. The molecule has 0 saturated carbocycles. The van der Waals surface area contributed by atoms with Crippen molar-refractivity contribution in [3.63, 3.8) is 0 Å². The van der Waals surface area contributed by atoms with Crippen molar-refractivity contribution < 1.29 is 13.2 Å². The Morgan fingerprint density at radius 1 is 1.00 bits per heavy atom. The number of aryl methyl sites for hydroxylation is 3. The third-order valence-electron chi connectivity index (χ3n) is 4.03. The van der Waals surface area contributed by atoms with Crippen LogP contribution in [0, 0.1) is 20.8 Å². The number of benzene rings is 2. The molecule has 0 radical (unpaired) electrons. The second-order valence-corrected chi connectivity index (χ2v) is 8.22. The van der Waals surface area contributed by atoms with Crippen LogP contribution >= 0.6 is 0 Å². The fraction of sp³-hybridized carbons (Fsp3) is 0.350. The maximum Gasteiger partial charge on any atom is 0.262 e. The Bertz CT molecular complexity index is 885. The number of rotatable bonds is 7. The molecule has 140 valence electrons. The van der Waals surface area contributed by atoms with Gasteiger partial charge in [0.1, 0.15) is 0 Å². The van der Waals surface area contributed by atoms with Crippen LogP contribution in [0.4, 0.5) is 5.69 Å². The average Bonchev–Trinajstić information content (AvgIpc) is 2.53. The topological polar surface area (TPSA) is 75.3 Å². The Balaban J connectivity index is 2.30. The summed E-state index contributed by atoms with van der Waals surface area (Å²) in [5, 5.41) is 2.81. The van der Waals surface area contributed by atoms with E-state index >= 15 is 0 Å². The highest BCUT2D eigenvalue weighted by Gasteiger charge is 2.19. The predicted octanol–water partition coefficient (Wildman–Crippen LogP) is 3.94. The van der Waals surface area contributed by atoms with Gasteiger partial charge in [-0.2, -0.15) is 0 Å². The molecule has 6 heteroatoms. The van der Waals surface area contributed by atoms with E-state index in [1.807, 2.05) is 26.8 Å². The predicted molar refractivity (Wildman–Crippen MR) is 105 cm³/mol. The number of sulfonamides is 1. The van der Waals surface area contributed by atoms with Crippen molar-refractivity contribution in [1.29, 1.82) is 0 Å². The minimum Gasteiger partial charge on any atom is -0.352 e. The highest BCUT2D eigenvalue weighted by Crippen LogP contribution is 2.22. The zero-order valence-corrected chi connectivity index (χ0v) is 16.5. The van der Waals surface area contributed by atoms with Crippen LogP contribution in [0.1, 0.15) is 46.8 Å². The lowest BCUT2D eigenvalue weighted by atomic mass is 10.1. The highest BCUT2D eigenvalue weighted by atomic mass is 32.2. The molecular formula is C20H26N2O3S. The van der Waals surface area contributed by atoms with Crippen molar-refractivity contribution >= 4 is 21.6 Å². The SMILES string of the molecule is CCCCNC(=O)c1ccc(C)c(S(=O)(=O)Nc2cc(C)cc(C)c2)c1. The van der Waals surface area contributed by atoms with Gasteiger partial charge < -0.3 is 5.32 Å². The molecule has 2 aromatic carbocycles. The van der Waals surface area contributed by atoms with Gasteiger partial charge in [0, 0.05) is 17.8 Å². The third kappa shape index (κ3) is 5.08. The first kappa shape index (κ1) is 20.0. The summed E-state index contributed by atoms with van der Waals surface area (Å²) < 4.78 is 28.3. The van der Waals surface area contributed by atoms with Crippen LogP contribution in [-0.2, 0) is 10.0 Å². The van der Waals surface area contributed by atoms with Crippen molar-refractivity contribution in [2.75, 3.05) is 11.3 Å². The second kappa shape index (κ2) is 8.36. The van der Waals surface area contributed by atoms with Crippen LogP contribution in [0.3, 0.4) is 0 Å². The minimum atomic E-state index is -3.79. The first-order valence-corrected chi connectivity index (χ1v) is 10.2. The van der Waals surface area contributed by atoms with E-state index in [1.165, 1.54) is 6.07 Å². The number of unbranched alkanes of at least 4 members (excludes halogenated alkanes) is 1. The number of carbonyl (C=O) groups excluding carboxylic acids is 1. The van der Waals surface area contributed by atoms with E-state index in [-0.39, 0.29) is 10.8 Å². The zero-order valence-electron chi connectivity index (χ0n) is 15.7. The van der Waals surface area contributed by atoms with Crippen molar-refractivity contribution in [2.24, 2.45) is 0 Å². The molecule has 0 heterocycles. The molecule has 0 aliphatic carbocycles. The summed E-state index contributed by atoms with van der Waals surface area (Å²) in [7, 11) is -3.79. The number of hydrogen-bond donors (Lipinski definition) is 2. The molecule has 0 atom stereocenters. The Morgan fingerprint density at radius 2 is 1.65 bits per heavy atom. The van der Waals surface area contributed by atoms with Crippen molar-refractivity contribution in [3.05, 3.63) is 58.7 Å². The molecule has 0 bridgehead atoms. The van der Waals surface area contributed by atoms with E-state index in [2.05, 4.69) is 10.0 Å². The molecule has 5 nitrogen and oxygen atoms in total. The monoisotopic (exact) mass is 374 g/mol. The summed E-state index contributed by atoms with van der Waals surface area (Å²) in [6, 6.07) is 10.3. The van der Waals surface area contributed by atoms with Gasteiger partial charge >= 0.3 is 0 Å². The van der Waals surface area contributed by atoms with Gasteiger partial charge in [-0.05, 0) is 68.1 Å². The lowest BCUT2D eigenvalue weighted by Crippen LogP contribution is -2.25. The molecular weight excluding hydrogens is 348 g/mol. The van der Waals surface area contributed by atoms with Gasteiger partial charge in [-0.1, -0.05) is 25.5 Å². The van der Waals surface area contributed by atoms with Gasteiger partial charge in [0.15, 0.2) is 0 Å². The van der Waals surface area contributed by atoms with E-state index in [0.717, 1.165) is 24.0 Å². The summed E-state index contributed by atoms with van der Waals surface area (Å²) >= 11 is 0. The average molecular weight is 375 g/mol. The molecule has 1 amide bonds. The minimum absolute atomic E-state index is 0.111. The smallest absolute Gasteiger partial charge is 0.262 e. The maximum absolute atomic E-state index is 12.8. The molecule has 0 saturated heterocycles. The molecule has 0 aliphatic rings. The summed E-state index contributed by atoms with van der Waals surface area (Å²) in [4.78, 5) is 12.3. The van der Waals surface area contributed by atoms with Gasteiger partial charge in [-0.25, -0.2) is 8.42 Å². The van der Waals surface area contributed by atoms with Crippen molar-refractivity contribution in [2.45, 2.75) is 45.4 Å². The van der Waals surface area contributed by atoms with Gasteiger partial charge in [-0.15, -0.1) is 0 Å². The molecule has 2 rings (SSSR count). The summed E-state index contributed by atoms with van der Waals surface area (Å²) in [5.41, 5.74) is 3.39. The quantitative estimate of drug-likeness (QED) is 0.721. The van der Waals surface area contributed by atoms with E-state index in [1.54, 1.807) is 31.2 Å². The Morgan fingerprint density at radius 3 is 2.27 bits per heavy atom. The largest absolute Gasteiger partial charge is 0.352 e. The lowest BCUT2D eigenvalue weighted by molar-refractivity contribution is 0.0953. The Hall–Kier alpha value is -2.34. The second-order valence-electron chi connectivity index (χ2n) is 6.57. The Labute approximate surface area is 155 Å². The standard InChI is InChI=1S/C20H26N2O3S/c1-5-6-9-21-20(23)17-8-7-16(4)19(13-17)26(24,25)22-18-11-14(2)10-15(3)12-18/h7-8,10-13,22H,5-6,9H2,1-4H3,(H,21,23).